The lowest BCUT2D eigenvalue weighted by atomic mass is 10.3. The van der Waals surface area contributed by atoms with Crippen LogP contribution in [0.3, 0.4) is 0 Å². The van der Waals surface area contributed by atoms with Gasteiger partial charge in [-0.25, -0.2) is 4.98 Å². The quantitative estimate of drug-likeness (QED) is 0.801. The first kappa shape index (κ1) is 13.5. The van der Waals surface area contributed by atoms with Gasteiger partial charge in [0, 0.05) is 13.1 Å². The van der Waals surface area contributed by atoms with Gasteiger partial charge < -0.3 is 10.0 Å². The molecule has 0 unspecified atom stereocenters. The summed E-state index contributed by atoms with van der Waals surface area (Å²) in [5.41, 5.74) is 0. The van der Waals surface area contributed by atoms with E-state index < -0.39 is 0 Å². The van der Waals surface area contributed by atoms with Crippen LogP contribution in [-0.2, 0) is 0 Å². The van der Waals surface area contributed by atoms with Crippen molar-refractivity contribution in [2.75, 3.05) is 24.6 Å². The number of aliphatic hydroxyl groups excluding tert-OH is 1. The number of halogens is 2. The van der Waals surface area contributed by atoms with Crippen LogP contribution in [0.2, 0.25) is 10.3 Å². The van der Waals surface area contributed by atoms with E-state index in [0.717, 1.165) is 19.4 Å². The molecule has 1 N–H and O–H groups in total. The molecule has 0 saturated carbocycles. The summed E-state index contributed by atoms with van der Waals surface area (Å²) in [6.07, 6.45) is 3.55. The molecule has 0 aromatic carbocycles. The zero-order chi connectivity index (χ0) is 12.0. The Morgan fingerprint density at radius 3 is 2.75 bits per heavy atom. The zero-order valence-corrected chi connectivity index (χ0v) is 10.7. The van der Waals surface area contributed by atoms with Gasteiger partial charge in [0.2, 0.25) is 5.28 Å². The summed E-state index contributed by atoms with van der Waals surface area (Å²) in [7, 11) is 0. The lowest BCUT2D eigenvalue weighted by Gasteiger charge is -2.23. The lowest BCUT2D eigenvalue weighted by Crippen LogP contribution is -2.29. The summed E-state index contributed by atoms with van der Waals surface area (Å²) >= 11 is 11.7. The highest BCUT2D eigenvalue weighted by molar-refractivity contribution is 6.33. The molecule has 1 aromatic rings. The Kier molecular flexibility index (Phi) is 5.80. The van der Waals surface area contributed by atoms with E-state index in [4.69, 9.17) is 28.3 Å². The molecule has 0 aliphatic rings. The monoisotopic (exact) mass is 263 g/mol. The second-order valence-electron chi connectivity index (χ2n) is 3.37. The minimum atomic E-state index is 0.0572. The molecule has 0 bridgehead atoms. The molecule has 1 heterocycles. The van der Waals surface area contributed by atoms with Gasteiger partial charge in [0.05, 0.1) is 12.8 Å². The third-order valence-corrected chi connectivity index (χ3v) is 2.60. The first-order chi connectivity index (χ1) is 7.69. The fourth-order valence-corrected chi connectivity index (χ4v) is 1.69. The number of nitrogens with zero attached hydrogens (tertiary/aromatic N) is 3. The molecule has 0 spiro atoms. The number of aliphatic hydroxyl groups is 1. The normalized spacial score (nSPS) is 10.5. The summed E-state index contributed by atoms with van der Waals surface area (Å²) < 4.78 is 0. The van der Waals surface area contributed by atoms with E-state index in [1.807, 2.05) is 4.90 Å². The number of aromatic nitrogens is 2. The van der Waals surface area contributed by atoms with E-state index in [1.54, 1.807) is 0 Å². The zero-order valence-electron chi connectivity index (χ0n) is 9.16. The summed E-state index contributed by atoms with van der Waals surface area (Å²) in [6.45, 7) is 3.45. The second kappa shape index (κ2) is 6.89. The van der Waals surface area contributed by atoms with Gasteiger partial charge in [-0.3, -0.25) is 0 Å². The first-order valence-electron chi connectivity index (χ1n) is 5.23. The molecular weight excluding hydrogens is 249 g/mol. The number of anilines is 1. The molecule has 90 valence electrons. The van der Waals surface area contributed by atoms with Crippen molar-refractivity contribution in [1.29, 1.82) is 0 Å². The molecule has 4 nitrogen and oxygen atoms in total. The Morgan fingerprint density at radius 2 is 2.12 bits per heavy atom. The van der Waals surface area contributed by atoms with Crippen LogP contribution in [0.25, 0.3) is 0 Å². The Hall–Kier alpha value is -0.580. The molecular formula is C10H15Cl2N3O. The largest absolute Gasteiger partial charge is 0.395 e. The van der Waals surface area contributed by atoms with Crippen molar-refractivity contribution in [2.24, 2.45) is 0 Å². The second-order valence-corrected chi connectivity index (χ2v) is 4.12. The van der Waals surface area contributed by atoms with Gasteiger partial charge in [0.15, 0.2) is 5.82 Å². The predicted molar refractivity (Wildman–Crippen MR) is 66.3 cm³/mol. The van der Waals surface area contributed by atoms with Gasteiger partial charge in [-0.2, -0.15) is 4.98 Å². The molecule has 0 saturated heterocycles. The van der Waals surface area contributed by atoms with Crippen LogP contribution in [-0.4, -0.2) is 34.8 Å². The standard InChI is InChI=1S/C10H15Cl2N3O/c1-2-3-4-15(5-6-16)9-8(11)7-13-10(12)14-9/h7,16H,2-6H2,1H3. The van der Waals surface area contributed by atoms with Gasteiger partial charge in [-0.15, -0.1) is 0 Å². The topological polar surface area (TPSA) is 49.2 Å². The summed E-state index contributed by atoms with van der Waals surface area (Å²) in [5, 5.41) is 9.61. The molecule has 6 heteroatoms. The molecule has 0 aliphatic heterocycles. The van der Waals surface area contributed by atoms with E-state index in [9.17, 15) is 0 Å². The van der Waals surface area contributed by atoms with Crippen molar-refractivity contribution in [2.45, 2.75) is 19.8 Å². The Bertz CT molecular complexity index is 336. The van der Waals surface area contributed by atoms with E-state index in [1.165, 1.54) is 6.20 Å². The fourth-order valence-electron chi connectivity index (χ4n) is 1.35. The van der Waals surface area contributed by atoms with Crippen molar-refractivity contribution < 1.29 is 5.11 Å². The first-order valence-corrected chi connectivity index (χ1v) is 5.98. The number of unbranched alkanes of at least 4 members (excludes halogenated alkanes) is 1. The third kappa shape index (κ3) is 3.77. The number of hydrogen-bond acceptors (Lipinski definition) is 4. The smallest absolute Gasteiger partial charge is 0.224 e. The van der Waals surface area contributed by atoms with E-state index in [2.05, 4.69) is 16.9 Å². The molecule has 0 atom stereocenters. The van der Waals surface area contributed by atoms with Crippen LogP contribution in [0, 0.1) is 0 Å². The maximum atomic E-state index is 9.00. The van der Waals surface area contributed by atoms with Crippen molar-refractivity contribution in [3.63, 3.8) is 0 Å². The molecule has 0 aliphatic carbocycles. The van der Waals surface area contributed by atoms with Crippen molar-refractivity contribution in [3.8, 4) is 0 Å². The van der Waals surface area contributed by atoms with E-state index in [0.29, 0.717) is 17.4 Å². The Labute approximate surface area is 105 Å². The van der Waals surface area contributed by atoms with Gasteiger partial charge in [-0.05, 0) is 18.0 Å². The lowest BCUT2D eigenvalue weighted by molar-refractivity contribution is 0.301. The average Bonchev–Trinajstić information content (AvgIpc) is 2.28. The molecule has 16 heavy (non-hydrogen) atoms. The van der Waals surface area contributed by atoms with E-state index >= 15 is 0 Å². The van der Waals surface area contributed by atoms with Crippen molar-refractivity contribution in [3.05, 3.63) is 16.5 Å². The van der Waals surface area contributed by atoms with Crippen LogP contribution in [0.4, 0.5) is 5.82 Å². The number of hydrogen-bond donors (Lipinski definition) is 1. The highest BCUT2D eigenvalue weighted by Gasteiger charge is 2.12. The van der Waals surface area contributed by atoms with Crippen LogP contribution < -0.4 is 4.90 Å². The summed E-state index contributed by atoms with van der Waals surface area (Å²) in [5.74, 6) is 0.587. The minimum absolute atomic E-state index is 0.0572. The predicted octanol–water partition coefficient (Wildman–Crippen LogP) is 2.38. The molecule has 1 aromatic heterocycles. The Balaban J connectivity index is 2.85. The van der Waals surface area contributed by atoms with Crippen LogP contribution in [0.5, 0.6) is 0 Å². The van der Waals surface area contributed by atoms with E-state index in [-0.39, 0.29) is 11.9 Å². The summed E-state index contributed by atoms with van der Waals surface area (Å²) in [6, 6.07) is 0. The maximum Gasteiger partial charge on any atom is 0.224 e. The third-order valence-electron chi connectivity index (χ3n) is 2.15. The fraction of sp³-hybridized carbons (Fsp3) is 0.600. The summed E-state index contributed by atoms with van der Waals surface area (Å²) in [4.78, 5) is 9.79. The van der Waals surface area contributed by atoms with Crippen molar-refractivity contribution >= 4 is 29.0 Å². The van der Waals surface area contributed by atoms with Crippen LogP contribution in [0.1, 0.15) is 19.8 Å². The van der Waals surface area contributed by atoms with Gasteiger partial charge >= 0.3 is 0 Å². The van der Waals surface area contributed by atoms with Gasteiger partial charge in [0.1, 0.15) is 5.02 Å². The molecule has 0 amide bonds. The highest BCUT2D eigenvalue weighted by atomic mass is 35.5. The van der Waals surface area contributed by atoms with Gasteiger partial charge in [0.25, 0.3) is 0 Å². The molecule has 1 rings (SSSR count). The van der Waals surface area contributed by atoms with Crippen LogP contribution in [0.15, 0.2) is 6.20 Å². The Morgan fingerprint density at radius 1 is 1.38 bits per heavy atom. The van der Waals surface area contributed by atoms with Gasteiger partial charge in [-0.1, -0.05) is 24.9 Å². The molecule has 0 fully saturated rings. The maximum absolute atomic E-state index is 9.00. The van der Waals surface area contributed by atoms with Crippen LogP contribution >= 0.6 is 23.2 Å². The number of rotatable bonds is 6. The van der Waals surface area contributed by atoms with Crippen molar-refractivity contribution in [1.82, 2.24) is 9.97 Å². The highest BCUT2D eigenvalue weighted by Crippen LogP contribution is 2.23. The average molecular weight is 264 g/mol. The SMILES string of the molecule is CCCCN(CCO)c1nc(Cl)ncc1Cl. The minimum Gasteiger partial charge on any atom is -0.395 e. The molecule has 0 radical (unpaired) electrons.